The van der Waals surface area contributed by atoms with Crippen LogP contribution in [0.1, 0.15) is 21.9 Å². The summed E-state index contributed by atoms with van der Waals surface area (Å²) in [6.45, 7) is 2.30. The molecule has 0 aromatic carbocycles. The Kier molecular flexibility index (Phi) is 3.52. The van der Waals surface area contributed by atoms with E-state index >= 15 is 0 Å². The normalized spacial score (nSPS) is 10.1. The molecule has 94 valence electrons. The Morgan fingerprint density at radius 2 is 2.28 bits per heavy atom. The van der Waals surface area contributed by atoms with Gasteiger partial charge in [-0.2, -0.15) is 0 Å². The molecular weight excluding hydrogens is 236 g/mol. The molecule has 2 heterocycles. The molecule has 0 radical (unpaired) electrons. The van der Waals surface area contributed by atoms with Gasteiger partial charge in [-0.25, -0.2) is 14.8 Å². The lowest BCUT2D eigenvalue weighted by atomic mass is 10.4. The summed E-state index contributed by atoms with van der Waals surface area (Å²) in [5.74, 6) is 0.781. The first-order chi connectivity index (χ1) is 8.69. The maximum absolute atomic E-state index is 11.1. The molecule has 0 saturated heterocycles. The summed E-state index contributed by atoms with van der Waals surface area (Å²) < 4.78 is 9.45. The summed E-state index contributed by atoms with van der Waals surface area (Å²) in [6.07, 6.45) is 2.81. The van der Waals surface area contributed by atoms with Gasteiger partial charge in [-0.15, -0.1) is 0 Å². The van der Waals surface area contributed by atoms with Gasteiger partial charge in [-0.05, 0) is 6.92 Å². The zero-order valence-corrected chi connectivity index (χ0v) is 10.0. The summed E-state index contributed by atoms with van der Waals surface area (Å²) in [4.78, 5) is 19.1. The number of rotatable bonds is 4. The predicted octanol–water partition coefficient (Wildman–Crippen LogP) is 1.17. The molecule has 0 bridgehead atoms. The minimum absolute atomic E-state index is 0.167. The second-order valence-corrected chi connectivity index (χ2v) is 3.56. The van der Waals surface area contributed by atoms with Crippen LogP contribution in [0.2, 0.25) is 0 Å². The van der Waals surface area contributed by atoms with Gasteiger partial charge >= 0.3 is 5.97 Å². The van der Waals surface area contributed by atoms with E-state index in [1.165, 1.54) is 19.5 Å². The van der Waals surface area contributed by atoms with Crippen LogP contribution >= 0.6 is 0 Å². The van der Waals surface area contributed by atoms with Gasteiger partial charge in [-0.3, -0.25) is 0 Å². The van der Waals surface area contributed by atoms with Crippen molar-refractivity contribution in [1.82, 2.24) is 15.1 Å². The first kappa shape index (κ1) is 12.0. The molecule has 0 saturated carbocycles. The standard InChI is InChI=1S/C11H12N4O3/c1-7-3-8(15-18-7)4-13-10-6-12-9(5-14-10)11(16)17-2/h3,5-6H,4H2,1-2H3,(H,13,14). The summed E-state index contributed by atoms with van der Waals surface area (Å²) in [6, 6.07) is 1.82. The summed E-state index contributed by atoms with van der Waals surface area (Å²) in [5, 5.41) is 6.84. The maximum Gasteiger partial charge on any atom is 0.358 e. The third-order valence-corrected chi connectivity index (χ3v) is 2.17. The van der Waals surface area contributed by atoms with E-state index in [1.807, 2.05) is 13.0 Å². The highest BCUT2D eigenvalue weighted by molar-refractivity contribution is 5.86. The van der Waals surface area contributed by atoms with Gasteiger partial charge < -0.3 is 14.6 Å². The van der Waals surface area contributed by atoms with Crippen LogP contribution in [0.3, 0.4) is 0 Å². The lowest BCUT2D eigenvalue weighted by molar-refractivity contribution is 0.0593. The van der Waals surface area contributed by atoms with Crippen molar-refractivity contribution in [3.63, 3.8) is 0 Å². The average Bonchev–Trinajstić information content (AvgIpc) is 2.82. The zero-order chi connectivity index (χ0) is 13.0. The lowest BCUT2D eigenvalue weighted by Gasteiger charge is -2.03. The fourth-order valence-corrected chi connectivity index (χ4v) is 1.31. The van der Waals surface area contributed by atoms with Crippen molar-refractivity contribution < 1.29 is 14.1 Å². The highest BCUT2D eigenvalue weighted by Crippen LogP contribution is 2.06. The number of hydrogen-bond donors (Lipinski definition) is 1. The van der Waals surface area contributed by atoms with Gasteiger partial charge in [0.25, 0.3) is 0 Å². The second kappa shape index (κ2) is 5.26. The Balaban J connectivity index is 1.96. The van der Waals surface area contributed by atoms with E-state index < -0.39 is 5.97 Å². The number of carbonyl (C=O) groups excluding carboxylic acids is 1. The number of nitrogens with one attached hydrogen (secondary N) is 1. The van der Waals surface area contributed by atoms with Gasteiger partial charge in [0.15, 0.2) is 5.69 Å². The summed E-state index contributed by atoms with van der Waals surface area (Å²) >= 11 is 0. The van der Waals surface area contributed by atoms with Crippen LogP contribution in [-0.2, 0) is 11.3 Å². The van der Waals surface area contributed by atoms with Crippen LogP contribution in [0.5, 0.6) is 0 Å². The zero-order valence-electron chi connectivity index (χ0n) is 10.0. The third kappa shape index (κ3) is 2.82. The van der Waals surface area contributed by atoms with Crippen molar-refractivity contribution >= 4 is 11.8 Å². The van der Waals surface area contributed by atoms with Crippen molar-refractivity contribution in [2.24, 2.45) is 0 Å². The monoisotopic (exact) mass is 248 g/mol. The van der Waals surface area contributed by atoms with Gasteiger partial charge in [0.2, 0.25) is 0 Å². The van der Waals surface area contributed by atoms with E-state index in [2.05, 4.69) is 25.2 Å². The molecule has 0 aliphatic rings. The largest absolute Gasteiger partial charge is 0.464 e. The molecule has 0 aliphatic heterocycles. The highest BCUT2D eigenvalue weighted by Gasteiger charge is 2.07. The van der Waals surface area contributed by atoms with Crippen molar-refractivity contribution in [1.29, 1.82) is 0 Å². The second-order valence-electron chi connectivity index (χ2n) is 3.56. The van der Waals surface area contributed by atoms with Crippen molar-refractivity contribution in [3.05, 3.63) is 35.6 Å². The van der Waals surface area contributed by atoms with E-state index in [-0.39, 0.29) is 5.69 Å². The molecule has 2 aromatic heterocycles. The number of ether oxygens (including phenoxy) is 1. The van der Waals surface area contributed by atoms with E-state index in [0.717, 1.165) is 11.5 Å². The van der Waals surface area contributed by atoms with Gasteiger partial charge in [0.1, 0.15) is 17.3 Å². The minimum Gasteiger partial charge on any atom is -0.464 e. The molecule has 18 heavy (non-hydrogen) atoms. The molecule has 0 aliphatic carbocycles. The topological polar surface area (TPSA) is 90.1 Å². The predicted molar refractivity (Wildman–Crippen MR) is 61.9 cm³/mol. The summed E-state index contributed by atoms with van der Waals surface area (Å²) in [7, 11) is 1.29. The van der Waals surface area contributed by atoms with E-state index in [1.54, 1.807) is 0 Å². The number of anilines is 1. The minimum atomic E-state index is -0.513. The molecule has 0 unspecified atom stereocenters. The molecule has 1 N–H and O–H groups in total. The Hall–Kier alpha value is -2.44. The molecule has 0 fully saturated rings. The number of methoxy groups -OCH3 is 1. The Morgan fingerprint density at radius 1 is 1.44 bits per heavy atom. The van der Waals surface area contributed by atoms with Crippen molar-refractivity contribution in [2.75, 3.05) is 12.4 Å². The SMILES string of the molecule is COC(=O)c1cnc(NCc2cc(C)on2)cn1. The number of nitrogens with zero attached hydrogens (tertiary/aromatic N) is 3. The van der Waals surface area contributed by atoms with Crippen LogP contribution in [0.25, 0.3) is 0 Å². The first-order valence-corrected chi connectivity index (χ1v) is 5.25. The molecular formula is C11H12N4O3. The molecule has 7 heteroatoms. The van der Waals surface area contributed by atoms with E-state index in [4.69, 9.17) is 4.52 Å². The van der Waals surface area contributed by atoms with Crippen molar-refractivity contribution in [3.8, 4) is 0 Å². The number of carbonyl (C=O) groups is 1. The Labute approximate surface area is 103 Å². The fourth-order valence-electron chi connectivity index (χ4n) is 1.31. The third-order valence-electron chi connectivity index (χ3n) is 2.17. The first-order valence-electron chi connectivity index (χ1n) is 5.25. The number of hydrogen-bond acceptors (Lipinski definition) is 7. The smallest absolute Gasteiger partial charge is 0.358 e. The maximum atomic E-state index is 11.1. The molecule has 7 nitrogen and oxygen atoms in total. The Morgan fingerprint density at radius 3 is 2.83 bits per heavy atom. The molecule has 0 spiro atoms. The van der Waals surface area contributed by atoms with Gasteiger partial charge in [0, 0.05) is 6.07 Å². The van der Waals surface area contributed by atoms with Crippen molar-refractivity contribution in [2.45, 2.75) is 13.5 Å². The van der Waals surface area contributed by atoms with Crippen LogP contribution in [0, 0.1) is 6.92 Å². The van der Waals surface area contributed by atoms with Crippen LogP contribution in [0.4, 0.5) is 5.82 Å². The average molecular weight is 248 g/mol. The number of esters is 1. The molecule has 2 aromatic rings. The van der Waals surface area contributed by atoms with Gasteiger partial charge in [-0.1, -0.05) is 5.16 Å². The van der Waals surface area contributed by atoms with E-state index in [0.29, 0.717) is 12.4 Å². The molecule has 0 atom stereocenters. The van der Waals surface area contributed by atoms with E-state index in [9.17, 15) is 4.79 Å². The van der Waals surface area contributed by atoms with Gasteiger partial charge in [0.05, 0.1) is 26.0 Å². The summed E-state index contributed by atoms with van der Waals surface area (Å²) in [5.41, 5.74) is 0.937. The number of aromatic nitrogens is 3. The quantitative estimate of drug-likeness (QED) is 0.812. The highest BCUT2D eigenvalue weighted by atomic mass is 16.5. The van der Waals surface area contributed by atoms with Crippen LogP contribution < -0.4 is 5.32 Å². The number of aryl methyl sites for hydroxylation is 1. The van der Waals surface area contributed by atoms with Crippen LogP contribution in [-0.4, -0.2) is 28.2 Å². The fraction of sp³-hybridized carbons (Fsp3) is 0.273. The Bertz CT molecular complexity index is 535. The lowest BCUT2D eigenvalue weighted by Crippen LogP contribution is -2.07. The molecule has 0 amide bonds. The molecule has 2 rings (SSSR count). The van der Waals surface area contributed by atoms with Crippen LogP contribution in [0.15, 0.2) is 23.0 Å².